The molecule has 21 heavy (non-hydrogen) atoms. The summed E-state index contributed by atoms with van der Waals surface area (Å²) in [6, 6.07) is -0.121. The predicted octanol–water partition coefficient (Wildman–Crippen LogP) is 1.48. The van der Waals surface area contributed by atoms with Crippen LogP contribution in [0, 0.1) is 5.92 Å². The molecule has 2 atom stereocenters. The Labute approximate surface area is 123 Å². The summed E-state index contributed by atoms with van der Waals surface area (Å²) in [6.45, 7) is 5.94. The molecule has 2 rings (SSSR count). The second-order valence-electron chi connectivity index (χ2n) is 6.63. The summed E-state index contributed by atoms with van der Waals surface area (Å²) in [5, 5.41) is 18.6. The molecule has 1 aromatic heterocycles. The van der Waals surface area contributed by atoms with Crippen molar-refractivity contribution in [1.82, 2.24) is 20.5 Å². The van der Waals surface area contributed by atoms with Crippen LogP contribution in [0.5, 0.6) is 0 Å². The SMILES string of the molecule is CC(C)(C)c1nc(C(=O)NC2CCCC(C(=O)O)C2)n[nH]1. The second kappa shape index (κ2) is 5.83. The van der Waals surface area contributed by atoms with Crippen LogP contribution in [0.15, 0.2) is 0 Å². The van der Waals surface area contributed by atoms with Gasteiger partial charge in [-0.1, -0.05) is 27.2 Å². The minimum absolute atomic E-state index is 0.109. The average molecular weight is 294 g/mol. The van der Waals surface area contributed by atoms with E-state index in [1.54, 1.807) is 0 Å². The van der Waals surface area contributed by atoms with Gasteiger partial charge in [0.1, 0.15) is 5.82 Å². The first-order chi connectivity index (χ1) is 9.77. The Hall–Kier alpha value is -1.92. The van der Waals surface area contributed by atoms with Crippen LogP contribution in [0.1, 0.15) is 62.9 Å². The van der Waals surface area contributed by atoms with Gasteiger partial charge >= 0.3 is 5.97 Å². The van der Waals surface area contributed by atoms with E-state index in [9.17, 15) is 9.59 Å². The molecule has 1 aromatic rings. The fraction of sp³-hybridized carbons (Fsp3) is 0.714. The lowest BCUT2D eigenvalue weighted by Crippen LogP contribution is -2.40. The molecule has 0 aromatic carbocycles. The Kier molecular flexibility index (Phi) is 4.29. The van der Waals surface area contributed by atoms with Crippen molar-refractivity contribution in [2.75, 3.05) is 0 Å². The topological polar surface area (TPSA) is 108 Å². The first kappa shape index (κ1) is 15.5. The van der Waals surface area contributed by atoms with Gasteiger partial charge in [0, 0.05) is 11.5 Å². The van der Waals surface area contributed by atoms with E-state index in [0.29, 0.717) is 18.7 Å². The summed E-state index contributed by atoms with van der Waals surface area (Å²) in [7, 11) is 0. The number of nitrogens with one attached hydrogen (secondary N) is 2. The maximum atomic E-state index is 12.1. The number of hydrogen-bond donors (Lipinski definition) is 3. The molecular weight excluding hydrogens is 272 g/mol. The Morgan fingerprint density at radius 2 is 2.05 bits per heavy atom. The predicted molar refractivity (Wildman–Crippen MR) is 75.9 cm³/mol. The van der Waals surface area contributed by atoms with E-state index >= 15 is 0 Å². The van der Waals surface area contributed by atoms with Crippen LogP contribution in [-0.4, -0.2) is 38.2 Å². The summed E-state index contributed by atoms with van der Waals surface area (Å²) in [6.07, 6.45) is 2.75. The lowest BCUT2D eigenvalue weighted by atomic mass is 9.86. The lowest BCUT2D eigenvalue weighted by molar-refractivity contribution is -0.143. The second-order valence-corrected chi connectivity index (χ2v) is 6.63. The number of aromatic nitrogens is 3. The molecule has 1 saturated carbocycles. The van der Waals surface area contributed by atoms with E-state index in [4.69, 9.17) is 5.11 Å². The molecule has 0 spiro atoms. The number of H-pyrrole nitrogens is 1. The third kappa shape index (κ3) is 3.80. The zero-order chi connectivity index (χ0) is 15.6. The van der Waals surface area contributed by atoms with Gasteiger partial charge in [0.05, 0.1) is 5.92 Å². The van der Waals surface area contributed by atoms with Crippen LogP contribution in [0.3, 0.4) is 0 Å². The van der Waals surface area contributed by atoms with Crippen LogP contribution >= 0.6 is 0 Å². The van der Waals surface area contributed by atoms with Gasteiger partial charge in [-0.25, -0.2) is 4.98 Å². The van der Waals surface area contributed by atoms with Crippen molar-refractivity contribution in [3.8, 4) is 0 Å². The molecule has 7 heteroatoms. The van der Waals surface area contributed by atoms with Gasteiger partial charge in [0.15, 0.2) is 0 Å². The molecule has 1 fully saturated rings. The summed E-state index contributed by atoms with van der Waals surface area (Å²) in [5.41, 5.74) is -0.204. The largest absolute Gasteiger partial charge is 0.481 e. The van der Waals surface area contributed by atoms with Gasteiger partial charge in [0.25, 0.3) is 5.91 Å². The van der Waals surface area contributed by atoms with E-state index in [2.05, 4.69) is 20.5 Å². The highest BCUT2D eigenvalue weighted by Gasteiger charge is 2.29. The van der Waals surface area contributed by atoms with Crippen molar-refractivity contribution in [3.63, 3.8) is 0 Å². The van der Waals surface area contributed by atoms with Crippen molar-refractivity contribution >= 4 is 11.9 Å². The quantitative estimate of drug-likeness (QED) is 0.782. The van der Waals surface area contributed by atoms with Gasteiger partial charge in [-0.05, 0) is 19.3 Å². The summed E-state index contributed by atoms with van der Waals surface area (Å²) < 4.78 is 0. The number of carbonyl (C=O) groups excluding carboxylic acids is 1. The monoisotopic (exact) mass is 294 g/mol. The molecule has 0 aliphatic heterocycles. The van der Waals surface area contributed by atoms with Gasteiger partial charge in [-0.3, -0.25) is 14.7 Å². The van der Waals surface area contributed by atoms with Gasteiger partial charge < -0.3 is 10.4 Å². The lowest BCUT2D eigenvalue weighted by Gasteiger charge is -2.26. The third-order valence-electron chi connectivity index (χ3n) is 3.76. The Morgan fingerprint density at radius 1 is 1.33 bits per heavy atom. The Morgan fingerprint density at radius 3 is 2.62 bits per heavy atom. The van der Waals surface area contributed by atoms with Crippen LogP contribution < -0.4 is 5.32 Å². The van der Waals surface area contributed by atoms with Crippen molar-refractivity contribution in [1.29, 1.82) is 0 Å². The van der Waals surface area contributed by atoms with E-state index in [0.717, 1.165) is 12.8 Å². The first-order valence-electron chi connectivity index (χ1n) is 7.24. The van der Waals surface area contributed by atoms with E-state index in [1.807, 2.05) is 20.8 Å². The first-order valence-corrected chi connectivity index (χ1v) is 7.24. The third-order valence-corrected chi connectivity index (χ3v) is 3.76. The molecule has 0 bridgehead atoms. The number of carboxylic acid groups (broad SMARTS) is 1. The standard InChI is InChI=1S/C14H22N4O3/c1-14(2,3)13-16-10(17-18-13)11(19)15-9-6-4-5-8(7-9)12(20)21/h8-9H,4-7H2,1-3H3,(H,15,19)(H,20,21)(H,16,17,18). The number of nitrogens with zero attached hydrogens (tertiary/aromatic N) is 2. The molecule has 1 amide bonds. The van der Waals surface area contributed by atoms with Crippen molar-refractivity contribution in [3.05, 3.63) is 11.6 Å². The number of amides is 1. The number of carbonyl (C=O) groups is 2. The molecule has 7 nitrogen and oxygen atoms in total. The molecular formula is C14H22N4O3. The smallest absolute Gasteiger partial charge is 0.306 e. The molecule has 116 valence electrons. The highest BCUT2D eigenvalue weighted by molar-refractivity contribution is 5.90. The molecule has 3 N–H and O–H groups in total. The molecule has 2 unspecified atom stereocenters. The summed E-state index contributed by atoms with van der Waals surface area (Å²) in [5.74, 6) is -0.752. The average Bonchev–Trinajstić information content (AvgIpc) is 2.88. The number of rotatable bonds is 3. The fourth-order valence-corrected chi connectivity index (χ4v) is 2.49. The molecule has 1 aliphatic carbocycles. The molecule has 1 heterocycles. The minimum atomic E-state index is -0.790. The van der Waals surface area contributed by atoms with Gasteiger partial charge in [-0.2, -0.15) is 0 Å². The van der Waals surface area contributed by atoms with Crippen LogP contribution in [0.25, 0.3) is 0 Å². The number of hydrogen-bond acceptors (Lipinski definition) is 4. The number of aromatic amines is 1. The van der Waals surface area contributed by atoms with E-state index < -0.39 is 5.97 Å². The number of carboxylic acids is 1. The van der Waals surface area contributed by atoms with Gasteiger partial charge in [0.2, 0.25) is 5.82 Å². The van der Waals surface area contributed by atoms with Crippen molar-refractivity contribution in [2.45, 2.75) is 57.9 Å². The minimum Gasteiger partial charge on any atom is -0.481 e. The molecule has 0 radical (unpaired) electrons. The zero-order valence-electron chi connectivity index (χ0n) is 12.6. The van der Waals surface area contributed by atoms with E-state index in [1.165, 1.54) is 0 Å². The van der Waals surface area contributed by atoms with Gasteiger partial charge in [-0.15, -0.1) is 5.10 Å². The maximum absolute atomic E-state index is 12.1. The van der Waals surface area contributed by atoms with Crippen LogP contribution in [-0.2, 0) is 10.2 Å². The summed E-state index contributed by atoms with van der Waals surface area (Å²) >= 11 is 0. The highest BCUT2D eigenvalue weighted by Crippen LogP contribution is 2.24. The number of aliphatic carboxylic acids is 1. The normalized spacial score (nSPS) is 22.8. The van der Waals surface area contributed by atoms with Crippen LogP contribution in [0.2, 0.25) is 0 Å². The fourth-order valence-electron chi connectivity index (χ4n) is 2.49. The maximum Gasteiger partial charge on any atom is 0.306 e. The van der Waals surface area contributed by atoms with Crippen molar-refractivity contribution < 1.29 is 14.7 Å². The molecule has 1 aliphatic rings. The zero-order valence-corrected chi connectivity index (χ0v) is 12.6. The molecule has 0 saturated heterocycles. The summed E-state index contributed by atoms with van der Waals surface area (Å²) in [4.78, 5) is 27.4. The highest BCUT2D eigenvalue weighted by atomic mass is 16.4. The van der Waals surface area contributed by atoms with Crippen LogP contribution in [0.4, 0.5) is 0 Å². The Bertz CT molecular complexity index is 533. The van der Waals surface area contributed by atoms with E-state index in [-0.39, 0.29) is 29.1 Å². The Balaban J connectivity index is 1.98. The van der Waals surface area contributed by atoms with Crippen molar-refractivity contribution in [2.24, 2.45) is 5.92 Å².